The predicted molar refractivity (Wildman–Crippen MR) is 71.8 cm³/mol. The number of rotatable bonds is 3. The molecule has 21 heavy (non-hydrogen) atoms. The molecular formula is C14H8FN3O3. The van der Waals surface area contributed by atoms with Crippen molar-refractivity contribution in [1.82, 2.24) is 10.2 Å². The summed E-state index contributed by atoms with van der Waals surface area (Å²) >= 11 is 0. The van der Waals surface area contributed by atoms with Crippen LogP contribution in [-0.4, -0.2) is 15.1 Å². The zero-order valence-electron chi connectivity index (χ0n) is 10.6. The molecule has 0 aliphatic heterocycles. The van der Waals surface area contributed by atoms with Gasteiger partial charge in [0.1, 0.15) is 5.82 Å². The van der Waals surface area contributed by atoms with Gasteiger partial charge in [0, 0.05) is 23.3 Å². The van der Waals surface area contributed by atoms with Crippen LogP contribution < -0.4 is 0 Å². The molecule has 1 heterocycles. The van der Waals surface area contributed by atoms with Crippen molar-refractivity contribution in [3.05, 3.63) is 64.5 Å². The summed E-state index contributed by atoms with van der Waals surface area (Å²) in [5.74, 6) is 0.140. The SMILES string of the molecule is O=[N+]([O-])c1ccc(-c2nnc(-c3ccc(F)cc3)o2)cc1. The monoisotopic (exact) mass is 285 g/mol. The van der Waals surface area contributed by atoms with E-state index in [4.69, 9.17) is 4.42 Å². The van der Waals surface area contributed by atoms with Crippen molar-refractivity contribution in [3.8, 4) is 22.9 Å². The maximum atomic E-state index is 12.9. The highest BCUT2D eigenvalue weighted by molar-refractivity contribution is 5.59. The summed E-state index contributed by atoms with van der Waals surface area (Å²) < 4.78 is 18.3. The lowest BCUT2D eigenvalue weighted by Gasteiger charge is -1.95. The van der Waals surface area contributed by atoms with Crippen LogP contribution in [-0.2, 0) is 0 Å². The van der Waals surface area contributed by atoms with Crippen LogP contribution in [0.1, 0.15) is 0 Å². The van der Waals surface area contributed by atoms with Gasteiger partial charge in [-0.2, -0.15) is 0 Å². The van der Waals surface area contributed by atoms with Gasteiger partial charge in [-0.15, -0.1) is 10.2 Å². The zero-order valence-corrected chi connectivity index (χ0v) is 10.6. The topological polar surface area (TPSA) is 82.1 Å². The molecule has 2 aromatic carbocycles. The Hall–Kier alpha value is -3.09. The molecule has 0 bridgehead atoms. The van der Waals surface area contributed by atoms with E-state index in [9.17, 15) is 14.5 Å². The summed E-state index contributed by atoms with van der Waals surface area (Å²) in [4.78, 5) is 10.1. The Morgan fingerprint density at radius 3 is 1.86 bits per heavy atom. The van der Waals surface area contributed by atoms with Gasteiger partial charge in [0.05, 0.1) is 4.92 Å². The maximum absolute atomic E-state index is 12.9. The van der Waals surface area contributed by atoms with Gasteiger partial charge in [-0.3, -0.25) is 10.1 Å². The number of nitrogens with zero attached hydrogens (tertiary/aromatic N) is 3. The first-order valence-corrected chi connectivity index (χ1v) is 5.98. The third kappa shape index (κ3) is 2.62. The fourth-order valence-corrected chi connectivity index (χ4v) is 1.77. The van der Waals surface area contributed by atoms with Gasteiger partial charge in [-0.25, -0.2) is 4.39 Å². The van der Waals surface area contributed by atoms with Gasteiger partial charge in [-0.1, -0.05) is 0 Å². The van der Waals surface area contributed by atoms with Gasteiger partial charge in [-0.05, 0) is 36.4 Å². The van der Waals surface area contributed by atoms with Gasteiger partial charge >= 0.3 is 0 Å². The molecule has 3 aromatic rings. The summed E-state index contributed by atoms with van der Waals surface area (Å²) in [6.07, 6.45) is 0. The van der Waals surface area contributed by atoms with Gasteiger partial charge in [0.25, 0.3) is 5.69 Å². The first kappa shape index (κ1) is 12.9. The van der Waals surface area contributed by atoms with E-state index in [1.165, 1.54) is 48.5 Å². The lowest BCUT2D eigenvalue weighted by atomic mass is 10.2. The second-order valence-corrected chi connectivity index (χ2v) is 4.22. The zero-order chi connectivity index (χ0) is 14.8. The Morgan fingerprint density at radius 2 is 1.38 bits per heavy atom. The fraction of sp³-hybridized carbons (Fsp3) is 0. The molecule has 0 atom stereocenters. The lowest BCUT2D eigenvalue weighted by Crippen LogP contribution is -1.87. The van der Waals surface area contributed by atoms with E-state index in [1.54, 1.807) is 0 Å². The van der Waals surface area contributed by atoms with Crippen molar-refractivity contribution in [2.75, 3.05) is 0 Å². The summed E-state index contributed by atoms with van der Waals surface area (Å²) in [5, 5.41) is 18.3. The maximum Gasteiger partial charge on any atom is 0.269 e. The highest BCUT2D eigenvalue weighted by Gasteiger charge is 2.12. The van der Waals surface area contributed by atoms with Crippen LogP contribution in [0.4, 0.5) is 10.1 Å². The summed E-state index contributed by atoms with van der Waals surface area (Å²) in [5.41, 5.74) is 1.15. The van der Waals surface area contributed by atoms with Crippen LogP contribution in [0.2, 0.25) is 0 Å². The van der Waals surface area contributed by atoms with Gasteiger partial charge in [0.15, 0.2) is 0 Å². The first-order chi connectivity index (χ1) is 10.1. The molecule has 6 nitrogen and oxygen atoms in total. The first-order valence-electron chi connectivity index (χ1n) is 5.98. The molecule has 3 rings (SSSR count). The number of nitro benzene ring substituents is 1. The number of hydrogen-bond acceptors (Lipinski definition) is 5. The Kier molecular flexibility index (Phi) is 3.15. The number of halogens is 1. The Morgan fingerprint density at radius 1 is 0.905 bits per heavy atom. The Bertz CT molecular complexity index is 782. The molecule has 0 spiro atoms. The smallest absolute Gasteiger partial charge is 0.269 e. The minimum Gasteiger partial charge on any atom is -0.416 e. The van der Waals surface area contributed by atoms with E-state index in [0.29, 0.717) is 11.1 Å². The van der Waals surface area contributed by atoms with E-state index >= 15 is 0 Å². The molecule has 1 aromatic heterocycles. The normalized spacial score (nSPS) is 10.5. The van der Waals surface area contributed by atoms with Gasteiger partial charge in [0.2, 0.25) is 11.8 Å². The van der Waals surface area contributed by atoms with E-state index in [1.807, 2.05) is 0 Å². The van der Waals surface area contributed by atoms with Crippen molar-refractivity contribution in [2.45, 2.75) is 0 Å². The summed E-state index contributed by atoms with van der Waals surface area (Å²) in [6.45, 7) is 0. The summed E-state index contributed by atoms with van der Waals surface area (Å²) in [7, 11) is 0. The molecule has 0 fully saturated rings. The molecule has 0 amide bonds. The molecule has 0 saturated heterocycles. The quantitative estimate of drug-likeness (QED) is 0.543. The molecule has 0 radical (unpaired) electrons. The van der Waals surface area contributed by atoms with E-state index in [2.05, 4.69) is 10.2 Å². The highest BCUT2D eigenvalue weighted by Crippen LogP contribution is 2.25. The van der Waals surface area contributed by atoms with Crippen LogP contribution in [0.3, 0.4) is 0 Å². The highest BCUT2D eigenvalue weighted by atomic mass is 19.1. The second-order valence-electron chi connectivity index (χ2n) is 4.22. The van der Waals surface area contributed by atoms with Crippen molar-refractivity contribution in [1.29, 1.82) is 0 Å². The van der Waals surface area contributed by atoms with Crippen LogP contribution >= 0.6 is 0 Å². The molecule has 104 valence electrons. The average molecular weight is 285 g/mol. The van der Waals surface area contributed by atoms with Crippen LogP contribution in [0.5, 0.6) is 0 Å². The number of benzene rings is 2. The minimum atomic E-state index is -0.485. The van der Waals surface area contributed by atoms with E-state index in [0.717, 1.165) is 0 Å². The minimum absolute atomic E-state index is 0.0166. The van der Waals surface area contributed by atoms with Crippen LogP contribution in [0.25, 0.3) is 22.9 Å². The van der Waals surface area contributed by atoms with Gasteiger partial charge < -0.3 is 4.42 Å². The van der Waals surface area contributed by atoms with Crippen LogP contribution in [0, 0.1) is 15.9 Å². The van der Waals surface area contributed by atoms with Crippen molar-refractivity contribution < 1.29 is 13.7 Å². The Labute approximate surface area is 118 Å². The fourth-order valence-electron chi connectivity index (χ4n) is 1.77. The number of nitro groups is 1. The van der Waals surface area contributed by atoms with Crippen molar-refractivity contribution >= 4 is 5.69 Å². The predicted octanol–water partition coefficient (Wildman–Crippen LogP) is 3.45. The van der Waals surface area contributed by atoms with Crippen LogP contribution in [0.15, 0.2) is 52.9 Å². The molecule has 7 heteroatoms. The molecule has 0 N–H and O–H groups in total. The molecule has 0 aliphatic rings. The standard InChI is InChI=1S/C14H8FN3O3/c15-11-5-1-9(2-6-11)13-16-17-14(21-13)10-3-7-12(8-4-10)18(19)20/h1-8H. The van der Waals surface area contributed by atoms with Crippen molar-refractivity contribution in [2.24, 2.45) is 0 Å². The van der Waals surface area contributed by atoms with E-state index < -0.39 is 4.92 Å². The average Bonchev–Trinajstić information content (AvgIpc) is 2.98. The third-order valence-electron chi connectivity index (χ3n) is 2.84. The number of aromatic nitrogens is 2. The Balaban J connectivity index is 1.90. The van der Waals surface area contributed by atoms with E-state index in [-0.39, 0.29) is 23.3 Å². The molecule has 0 aliphatic carbocycles. The second kappa shape index (κ2) is 5.12. The summed E-state index contributed by atoms with van der Waals surface area (Å²) in [6, 6.07) is 11.4. The van der Waals surface area contributed by atoms with Crippen molar-refractivity contribution in [3.63, 3.8) is 0 Å². The molecular weight excluding hydrogens is 277 g/mol. The largest absolute Gasteiger partial charge is 0.416 e. The molecule has 0 saturated carbocycles. The molecule has 0 unspecified atom stereocenters. The lowest BCUT2D eigenvalue weighted by molar-refractivity contribution is -0.384. The number of non-ortho nitro benzene ring substituents is 1. The number of hydrogen-bond donors (Lipinski definition) is 0. The third-order valence-corrected chi connectivity index (χ3v) is 2.84.